The Labute approximate surface area is 150 Å². The van der Waals surface area contributed by atoms with Gasteiger partial charge in [0.15, 0.2) is 5.03 Å². The summed E-state index contributed by atoms with van der Waals surface area (Å²) in [7, 11) is 0. The Morgan fingerprint density at radius 1 is 1.04 bits per heavy atom. The third-order valence-electron chi connectivity index (χ3n) is 3.04. The van der Waals surface area contributed by atoms with Gasteiger partial charge in [-0.2, -0.15) is 0 Å². The highest BCUT2D eigenvalue weighted by Crippen LogP contribution is 2.37. The van der Waals surface area contributed by atoms with Gasteiger partial charge in [-0.1, -0.05) is 45.9 Å². The van der Waals surface area contributed by atoms with Gasteiger partial charge >= 0.3 is 5.69 Å². The van der Waals surface area contributed by atoms with Crippen molar-refractivity contribution in [3.05, 3.63) is 75.5 Å². The van der Waals surface area contributed by atoms with Gasteiger partial charge in [0.1, 0.15) is 6.33 Å². The summed E-state index contributed by atoms with van der Waals surface area (Å²) in [5.74, 6) is 0.163. The van der Waals surface area contributed by atoms with Crippen LogP contribution in [0.15, 0.2) is 75.3 Å². The van der Waals surface area contributed by atoms with Gasteiger partial charge in [-0.15, -0.1) is 0 Å². The molecular formula is C16H11BrN4O2S. The molecule has 0 radical (unpaired) electrons. The van der Waals surface area contributed by atoms with Crippen molar-refractivity contribution in [1.82, 2.24) is 9.97 Å². The molecule has 0 aliphatic carbocycles. The van der Waals surface area contributed by atoms with Crippen LogP contribution in [0.25, 0.3) is 0 Å². The number of aromatic nitrogens is 2. The Bertz CT molecular complexity index is 860. The van der Waals surface area contributed by atoms with Crippen LogP contribution in [-0.4, -0.2) is 14.9 Å². The average Bonchev–Trinajstić information content (AvgIpc) is 2.58. The molecule has 0 spiro atoms. The molecule has 8 heteroatoms. The van der Waals surface area contributed by atoms with Gasteiger partial charge in [0.05, 0.1) is 4.92 Å². The monoisotopic (exact) mass is 402 g/mol. The molecular weight excluding hydrogens is 392 g/mol. The summed E-state index contributed by atoms with van der Waals surface area (Å²) < 4.78 is 0.922. The van der Waals surface area contributed by atoms with Crippen LogP contribution in [-0.2, 0) is 0 Å². The van der Waals surface area contributed by atoms with Crippen molar-refractivity contribution in [3.8, 4) is 0 Å². The lowest BCUT2D eigenvalue weighted by Crippen LogP contribution is -2.02. The van der Waals surface area contributed by atoms with Crippen molar-refractivity contribution in [3.63, 3.8) is 0 Å². The normalized spacial score (nSPS) is 10.4. The van der Waals surface area contributed by atoms with E-state index in [-0.39, 0.29) is 11.5 Å². The van der Waals surface area contributed by atoms with Crippen LogP contribution in [0.5, 0.6) is 0 Å². The van der Waals surface area contributed by atoms with Gasteiger partial charge in [-0.3, -0.25) is 10.1 Å². The number of halogens is 1. The highest BCUT2D eigenvalue weighted by atomic mass is 79.9. The van der Waals surface area contributed by atoms with E-state index in [0.29, 0.717) is 10.7 Å². The van der Waals surface area contributed by atoms with Crippen molar-refractivity contribution >= 4 is 44.9 Å². The number of nitrogens with one attached hydrogen (secondary N) is 1. The largest absolute Gasteiger partial charge is 0.343 e. The zero-order valence-electron chi connectivity index (χ0n) is 12.2. The number of benzene rings is 2. The molecule has 24 heavy (non-hydrogen) atoms. The first-order valence-electron chi connectivity index (χ1n) is 6.88. The molecule has 1 aromatic heterocycles. The molecule has 0 unspecified atom stereocenters. The zero-order valence-corrected chi connectivity index (χ0v) is 14.6. The fourth-order valence-electron chi connectivity index (χ4n) is 1.96. The quantitative estimate of drug-likeness (QED) is 0.365. The standard InChI is InChI=1S/C16H11BrN4O2S/c17-11-6-8-12(9-7-11)20-15-14(21(22)23)16(19-10-18-15)24-13-4-2-1-3-5-13/h1-10H,(H,18,19,20). The van der Waals surface area contributed by atoms with Crippen molar-refractivity contribution in [2.75, 3.05) is 5.32 Å². The number of hydrogen-bond acceptors (Lipinski definition) is 6. The SMILES string of the molecule is O=[N+]([O-])c1c(Nc2ccc(Br)cc2)ncnc1Sc1ccccc1. The van der Waals surface area contributed by atoms with Gasteiger partial charge in [-0.05, 0) is 36.4 Å². The van der Waals surface area contributed by atoms with Crippen LogP contribution in [0.3, 0.4) is 0 Å². The molecule has 3 rings (SSSR count). The predicted molar refractivity (Wildman–Crippen MR) is 96.7 cm³/mol. The number of anilines is 2. The summed E-state index contributed by atoms with van der Waals surface area (Å²) in [4.78, 5) is 20.1. The van der Waals surface area contributed by atoms with E-state index < -0.39 is 4.92 Å². The number of rotatable bonds is 5. The summed E-state index contributed by atoms with van der Waals surface area (Å²) >= 11 is 4.58. The number of nitro groups is 1. The Morgan fingerprint density at radius 3 is 2.42 bits per heavy atom. The molecule has 6 nitrogen and oxygen atoms in total. The molecule has 1 N–H and O–H groups in total. The summed E-state index contributed by atoms with van der Waals surface area (Å²) in [5.41, 5.74) is 0.560. The second-order valence-corrected chi connectivity index (χ2v) is 6.66. The van der Waals surface area contributed by atoms with E-state index in [4.69, 9.17) is 0 Å². The average molecular weight is 403 g/mol. The first-order valence-corrected chi connectivity index (χ1v) is 8.49. The van der Waals surface area contributed by atoms with E-state index >= 15 is 0 Å². The van der Waals surface area contributed by atoms with Crippen LogP contribution in [0, 0.1) is 10.1 Å². The molecule has 3 aromatic rings. The van der Waals surface area contributed by atoms with Gasteiger partial charge in [0.25, 0.3) is 0 Å². The van der Waals surface area contributed by atoms with Crippen LogP contribution in [0.2, 0.25) is 0 Å². The van der Waals surface area contributed by atoms with Gasteiger partial charge in [-0.25, -0.2) is 9.97 Å². The Morgan fingerprint density at radius 2 is 1.75 bits per heavy atom. The highest BCUT2D eigenvalue weighted by Gasteiger charge is 2.23. The van der Waals surface area contributed by atoms with Crippen LogP contribution in [0.4, 0.5) is 17.2 Å². The van der Waals surface area contributed by atoms with E-state index in [2.05, 4.69) is 31.2 Å². The maximum atomic E-state index is 11.5. The van der Waals surface area contributed by atoms with Crippen LogP contribution >= 0.6 is 27.7 Å². The maximum absolute atomic E-state index is 11.5. The fraction of sp³-hybridized carbons (Fsp3) is 0. The predicted octanol–water partition coefficient (Wildman–Crippen LogP) is 5.04. The third kappa shape index (κ3) is 3.90. The summed E-state index contributed by atoms with van der Waals surface area (Å²) in [6.45, 7) is 0. The lowest BCUT2D eigenvalue weighted by molar-refractivity contribution is -0.387. The van der Waals surface area contributed by atoms with Gasteiger partial charge < -0.3 is 5.32 Å². The zero-order chi connectivity index (χ0) is 16.9. The minimum Gasteiger partial charge on any atom is -0.334 e. The van der Waals surface area contributed by atoms with Gasteiger partial charge in [0, 0.05) is 15.1 Å². The first-order chi connectivity index (χ1) is 11.6. The minimum atomic E-state index is -0.466. The highest BCUT2D eigenvalue weighted by molar-refractivity contribution is 9.10. The lowest BCUT2D eigenvalue weighted by atomic mass is 10.3. The topological polar surface area (TPSA) is 81.0 Å². The van der Waals surface area contributed by atoms with Crippen molar-refractivity contribution < 1.29 is 4.92 Å². The number of nitrogens with zero attached hydrogens (tertiary/aromatic N) is 3. The minimum absolute atomic E-state index is 0.144. The second kappa shape index (κ2) is 7.41. The third-order valence-corrected chi connectivity index (χ3v) is 4.56. The summed E-state index contributed by atoms with van der Waals surface area (Å²) in [6, 6.07) is 16.7. The van der Waals surface area contributed by atoms with Crippen molar-refractivity contribution in [2.24, 2.45) is 0 Å². The van der Waals surface area contributed by atoms with E-state index in [1.807, 2.05) is 42.5 Å². The fourth-order valence-corrected chi connectivity index (χ4v) is 3.11. The maximum Gasteiger partial charge on any atom is 0.343 e. The molecule has 0 saturated carbocycles. The first kappa shape index (κ1) is 16.4. The molecule has 0 fully saturated rings. The van der Waals surface area contributed by atoms with Crippen LogP contribution < -0.4 is 5.32 Å². The Kier molecular flexibility index (Phi) is 5.07. The molecule has 120 valence electrons. The summed E-state index contributed by atoms with van der Waals surface area (Å²) in [5, 5.41) is 14.8. The summed E-state index contributed by atoms with van der Waals surface area (Å²) in [6.07, 6.45) is 1.32. The van der Waals surface area contributed by atoms with Crippen molar-refractivity contribution in [1.29, 1.82) is 0 Å². The Hall–Kier alpha value is -2.45. The van der Waals surface area contributed by atoms with E-state index in [0.717, 1.165) is 9.37 Å². The molecule has 0 saturated heterocycles. The van der Waals surface area contributed by atoms with Crippen molar-refractivity contribution in [2.45, 2.75) is 9.92 Å². The van der Waals surface area contributed by atoms with Crippen LogP contribution in [0.1, 0.15) is 0 Å². The van der Waals surface area contributed by atoms with E-state index in [1.165, 1.54) is 18.1 Å². The molecule has 0 bridgehead atoms. The Balaban J connectivity index is 1.96. The van der Waals surface area contributed by atoms with E-state index in [1.54, 1.807) is 12.1 Å². The molecule has 0 amide bonds. The molecule has 0 aliphatic heterocycles. The molecule has 1 heterocycles. The molecule has 0 atom stereocenters. The molecule has 0 aliphatic rings. The molecule has 2 aromatic carbocycles. The smallest absolute Gasteiger partial charge is 0.334 e. The second-order valence-electron chi connectivity index (χ2n) is 4.68. The van der Waals surface area contributed by atoms with E-state index in [9.17, 15) is 10.1 Å². The number of hydrogen-bond donors (Lipinski definition) is 1. The van der Waals surface area contributed by atoms with Gasteiger partial charge in [0.2, 0.25) is 5.82 Å². The lowest BCUT2D eigenvalue weighted by Gasteiger charge is -2.08.